The third-order valence-electron chi connectivity index (χ3n) is 5.38. The van der Waals surface area contributed by atoms with E-state index in [0.29, 0.717) is 18.2 Å². The zero-order chi connectivity index (χ0) is 24.6. The number of piperazine rings is 1. The van der Waals surface area contributed by atoms with Crippen LogP contribution in [0.15, 0.2) is 83.7 Å². The third kappa shape index (κ3) is 8.66. The van der Waals surface area contributed by atoms with Gasteiger partial charge in [-0.15, -0.1) is 0 Å². The molecule has 6 heteroatoms. The highest BCUT2D eigenvalue weighted by molar-refractivity contribution is 6.07. The van der Waals surface area contributed by atoms with E-state index in [9.17, 15) is 9.59 Å². The molecule has 2 aliphatic heterocycles. The van der Waals surface area contributed by atoms with E-state index in [1.54, 1.807) is 18.5 Å². The number of benzene rings is 1. The van der Waals surface area contributed by atoms with Gasteiger partial charge in [0.1, 0.15) is 0 Å². The summed E-state index contributed by atoms with van der Waals surface area (Å²) in [6, 6.07) is 10.1. The summed E-state index contributed by atoms with van der Waals surface area (Å²) < 4.78 is 0. The number of amides is 1. The van der Waals surface area contributed by atoms with Gasteiger partial charge in [0.05, 0.1) is 0 Å². The topological polar surface area (TPSA) is 65.0 Å². The fourth-order valence-corrected chi connectivity index (χ4v) is 3.49. The number of aliphatic imine (C=N–C) groups is 1. The smallest absolute Gasteiger partial charge is 0.253 e. The van der Waals surface area contributed by atoms with Gasteiger partial charge in [0.15, 0.2) is 5.78 Å². The quantitative estimate of drug-likeness (QED) is 0.520. The Hall–Kier alpha value is -3.25. The van der Waals surface area contributed by atoms with Crippen molar-refractivity contribution in [1.82, 2.24) is 15.1 Å². The first-order valence-electron chi connectivity index (χ1n) is 11.5. The molecule has 33 heavy (non-hydrogen) atoms. The minimum absolute atomic E-state index is 0.0683. The lowest BCUT2D eigenvalue weighted by atomic mass is 10.1. The SMILES string of the molecule is C=CC(=O)C1=CNC/C1=C\C=C/N=C.CC.CC[C@@H]1CN(C(=O)c2ccccc2)CCN1C. The average Bonchev–Trinajstić information content (AvgIpc) is 3.34. The lowest BCUT2D eigenvalue weighted by Crippen LogP contribution is -2.52. The Morgan fingerprint density at radius 1 is 1.21 bits per heavy atom. The average molecular weight is 451 g/mol. The second kappa shape index (κ2) is 15.5. The first-order chi connectivity index (χ1) is 16.0. The molecule has 178 valence electrons. The molecular formula is C27H38N4O2. The van der Waals surface area contributed by atoms with Gasteiger partial charge in [-0.25, -0.2) is 0 Å². The monoisotopic (exact) mass is 450 g/mol. The molecule has 2 heterocycles. The van der Waals surface area contributed by atoms with Crippen molar-refractivity contribution in [3.8, 4) is 0 Å². The molecule has 0 saturated carbocycles. The van der Waals surface area contributed by atoms with E-state index in [1.807, 2.05) is 55.2 Å². The predicted octanol–water partition coefficient (Wildman–Crippen LogP) is 4.25. The summed E-state index contributed by atoms with van der Waals surface area (Å²) in [6.07, 6.45) is 9.25. The van der Waals surface area contributed by atoms with Crippen LogP contribution >= 0.6 is 0 Å². The Balaban J connectivity index is 0.000000313. The number of ketones is 1. The number of hydrogen-bond acceptors (Lipinski definition) is 5. The molecule has 3 rings (SSSR count). The van der Waals surface area contributed by atoms with E-state index >= 15 is 0 Å². The normalized spacial score (nSPS) is 18.9. The van der Waals surface area contributed by atoms with Crippen LogP contribution in [0, 0.1) is 0 Å². The van der Waals surface area contributed by atoms with Gasteiger partial charge in [0.2, 0.25) is 0 Å². The van der Waals surface area contributed by atoms with Gasteiger partial charge in [-0.05, 0) is 50.0 Å². The van der Waals surface area contributed by atoms with E-state index < -0.39 is 0 Å². The second-order valence-corrected chi connectivity index (χ2v) is 7.38. The van der Waals surface area contributed by atoms with E-state index in [4.69, 9.17) is 0 Å². The molecule has 0 aromatic heterocycles. The van der Waals surface area contributed by atoms with Gasteiger partial charge in [-0.3, -0.25) is 19.5 Å². The molecular weight excluding hydrogens is 412 g/mol. The largest absolute Gasteiger partial charge is 0.386 e. The highest BCUT2D eigenvalue weighted by atomic mass is 16.2. The Morgan fingerprint density at radius 2 is 1.91 bits per heavy atom. The number of nitrogens with zero attached hydrogens (tertiary/aromatic N) is 3. The van der Waals surface area contributed by atoms with Gasteiger partial charge in [-0.2, -0.15) is 0 Å². The van der Waals surface area contributed by atoms with Crippen LogP contribution in [-0.4, -0.2) is 67.5 Å². The highest BCUT2D eigenvalue weighted by Crippen LogP contribution is 2.15. The van der Waals surface area contributed by atoms with Gasteiger partial charge >= 0.3 is 0 Å². The van der Waals surface area contributed by atoms with Crippen molar-refractivity contribution in [3.63, 3.8) is 0 Å². The van der Waals surface area contributed by atoms with Crippen LogP contribution in [0.3, 0.4) is 0 Å². The summed E-state index contributed by atoms with van der Waals surface area (Å²) in [7, 11) is 2.14. The van der Waals surface area contributed by atoms with E-state index in [0.717, 1.165) is 37.2 Å². The molecule has 1 atom stereocenters. The first kappa shape index (κ1) is 27.8. The van der Waals surface area contributed by atoms with Crippen LogP contribution in [0.5, 0.6) is 0 Å². The summed E-state index contributed by atoms with van der Waals surface area (Å²) in [6.45, 7) is 16.3. The molecule has 0 unspecified atom stereocenters. The second-order valence-electron chi connectivity index (χ2n) is 7.38. The Morgan fingerprint density at radius 3 is 2.52 bits per heavy atom. The maximum atomic E-state index is 12.3. The molecule has 0 aliphatic carbocycles. The van der Waals surface area contributed by atoms with Gasteiger partial charge in [0.25, 0.3) is 5.91 Å². The molecule has 1 fully saturated rings. The molecule has 1 amide bonds. The number of likely N-dealkylation sites (N-methyl/N-ethyl adjacent to an activating group) is 1. The predicted molar refractivity (Wildman–Crippen MR) is 138 cm³/mol. The molecule has 2 aliphatic rings. The number of rotatable bonds is 6. The number of hydrogen-bond donors (Lipinski definition) is 1. The minimum Gasteiger partial charge on any atom is -0.386 e. The van der Waals surface area contributed by atoms with Crippen molar-refractivity contribution in [2.45, 2.75) is 33.2 Å². The molecule has 1 saturated heterocycles. The van der Waals surface area contributed by atoms with Crippen LogP contribution in [0.4, 0.5) is 0 Å². The molecule has 6 nitrogen and oxygen atoms in total. The fraction of sp³-hybridized carbons (Fsp3) is 0.370. The van der Waals surface area contributed by atoms with Crippen LogP contribution in [0.1, 0.15) is 37.6 Å². The van der Waals surface area contributed by atoms with E-state index in [2.05, 4.69) is 42.5 Å². The summed E-state index contributed by atoms with van der Waals surface area (Å²) in [5.41, 5.74) is 2.40. The molecule has 0 bridgehead atoms. The van der Waals surface area contributed by atoms with Crippen molar-refractivity contribution in [2.24, 2.45) is 4.99 Å². The van der Waals surface area contributed by atoms with E-state index in [-0.39, 0.29) is 11.7 Å². The zero-order valence-electron chi connectivity index (χ0n) is 20.5. The summed E-state index contributed by atoms with van der Waals surface area (Å²) in [4.78, 5) is 31.5. The highest BCUT2D eigenvalue weighted by Gasteiger charge is 2.26. The van der Waals surface area contributed by atoms with Gasteiger partial charge in [0, 0.05) is 55.8 Å². The zero-order valence-corrected chi connectivity index (χ0v) is 20.5. The third-order valence-corrected chi connectivity index (χ3v) is 5.38. The van der Waals surface area contributed by atoms with Crippen LogP contribution in [0.25, 0.3) is 0 Å². The van der Waals surface area contributed by atoms with Gasteiger partial charge in [-0.1, -0.05) is 51.6 Å². The number of nitrogens with one attached hydrogen (secondary N) is 1. The maximum Gasteiger partial charge on any atom is 0.253 e. The number of carbonyl (C=O) groups excluding carboxylic acids is 2. The minimum atomic E-state index is -0.0683. The van der Waals surface area contributed by atoms with Crippen molar-refractivity contribution in [3.05, 3.63) is 84.2 Å². The van der Waals surface area contributed by atoms with Crippen molar-refractivity contribution < 1.29 is 9.59 Å². The van der Waals surface area contributed by atoms with Crippen molar-refractivity contribution in [1.29, 1.82) is 0 Å². The lowest BCUT2D eigenvalue weighted by molar-refractivity contribution is -0.111. The number of carbonyl (C=O) groups is 2. The van der Waals surface area contributed by atoms with E-state index in [1.165, 1.54) is 6.08 Å². The standard InChI is InChI=1S/C14H20N2O.C11H12N2O.C2H6/c1-3-13-11-16(10-9-15(13)2)14(17)12-7-5-4-6-8-12;1-3-11(14)10-8-13-7-9(10)5-4-6-12-2;1-2/h4-8,13H,3,9-11H2,1-2H3;3-6,8,13H,1-2,7H2;1-2H3/b;6-4-,9-5+;/t13-;;/m1../s1. The first-order valence-corrected chi connectivity index (χ1v) is 11.5. The van der Waals surface area contributed by atoms with Crippen molar-refractivity contribution >= 4 is 18.4 Å². The molecule has 0 radical (unpaired) electrons. The molecule has 1 aromatic rings. The summed E-state index contributed by atoms with van der Waals surface area (Å²) in [5, 5.41) is 2.99. The van der Waals surface area contributed by atoms with Crippen LogP contribution < -0.4 is 5.32 Å². The summed E-state index contributed by atoms with van der Waals surface area (Å²) >= 11 is 0. The Bertz CT molecular complexity index is 871. The van der Waals surface area contributed by atoms with Crippen molar-refractivity contribution in [2.75, 3.05) is 33.2 Å². The Labute approximate surface area is 199 Å². The maximum absolute atomic E-state index is 12.3. The molecule has 1 N–H and O–H groups in total. The fourth-order valence-electron chi connectivity index (χ4n) is 3.49. The lowest BCUT2D eigenvalue weighted by Gasteiger charge is -2.39. The molecule has 1 aromatic carbocycles. The van der Waals surface area contributed by atoms with Crippen LogP contribution in [-0.2, 0) is 4.79 Å². The number of allylic oxidation sites excluding steroid dienone is 3. The Kier molecular flexibility index (Phi) is 13.1. The van der Waals surface area contributed by atoms with Crippen LogP contribution in [0.2, 0.25) is 0 Å². The summed E-state index contributed by atoms with van der Waals surface area (Å²) in [5.74, 6) is 0.0957. The van der Waals surface area contributed by atoms with Gasteiger partial charge < -0.3 is 10.2 Å². The molecule has 0 spiro atoms.